The highest BCUT2D eigenvalue weighted by Crippen LogP contribution is 2.48. The Morgan fingerprint density at radius 2 is 1.72 bits per heavy atom. The largest absolute Gasteiger partial charge is 0.327 e. The van der Waals surface area contributed by atoms with Gasteiger partial charge in [-0.05, 0) is 57.1 Å². The first-order chi connectivity index (χ1) is 8.56. The Hall–Kier alpha value is -1.15. The summed E-state index contributed by atoms with van der Waals surface area (Å²) in [7, 11) is 0. The van der Waals surface area contributed by atoms with Gasteiger partial charge in [0.25, 0.3) is 0 Å². The smallest absolute Gasteiger partial charge is 0.167 e. The normalized spacial score (nSPS) is 33.9. The number of rotatable bonds is 2. The molecule has 4 atom stereocenters. The van der Waals surface area contributed by atoms with Gasteiger partial charge in [-0.25, -0.2) is 0 Å². The molecule has 18 heavy (non-hydrogen) atoms. The predicted molar refractivity (Wildman–Crippen MR) is 72.5 cm³/mol. The van der Waals surface area contributed by atoms with Gasteiger partial charge in [-0.15, -0.1) is 0 Å². The number of nitrogens with two attached hydrogens (primary N) is 1. The van der Waals surface area contributed by atoms with Gasteiger partial charge in [0.15, 0.2) is 5.78 Å². The van der Waals surface area contributed by atoms with E-state index in [-0.39, 0.29) is 17.7 Å². The van der Waals surface area contributed by atoms with Crippen LogP contribution in [0.1, 0.15) is 40.7 Å². The van der Waals surface area contributed by atoms with Crippen molar-refractivity contribution in [3.05, 3.63) is 34.9 Å². The lowest BCUT2D eigenvalue weighted by atomic mass is 9.80. The number of carbonyl (C=O) groups excluding carboxylic acids is 1. The molecule has 1 aromatic carbocycles. The third kappa shape index (κ3) is 1.79. The van der Waals surface area contributed by atoms with Crippen molar-refractivity contribution in [2.75, 3.05) is 0 Å². The fourth-order valence-electron chi connectivity index (χ4n) is 4.03. The highest BCUT2D eigenvalue weighted by Gasteiger charge is 2.48. The Labute approximate surface area is 109 Å². The quantitative estimate of drug-likeness (QED) is 0.812. The molecule has 3 rings (SSSR count). The van der Waals surface area contributed by atoms with E-state index in [4.69, 9.17) is 5.73 Å². The highest BCUT2D eigenvalue weighted by molar-refractivity contribution is 5.99. The number of hydrogen-bond acceptors (Lipinski definition) is 2. The Balaban J connectivity index is 1.90. The van der Waals surface area contributed by atoms with Crippen LogP contribution in [0, 0.1) is 31.6 Å². The second-order valence-electron chi connectivity index (χ2n) is 6.18. The summed E-state index contributed by atoms with van der Waals surface area (Å²) in [5.41, 5.74) is 9.44. The first-order valence-electron chi connectivity index (χ1n) is 6.94. The average Bonchev–Trinajstić information content (AvgIpc) is 2.87. The van der Waals surface area contributed by atoms with Crippen LogP contribution in [0.25, 0.3) is 0 Å². The molecule has 2 heteroatoms. The van der Waals surface area contributed by atoms with Gasteiger partial charge < -0.3 is 5.73 Å². The summed E-state index contributed by atoms with van der Waals surface area (Å²) in [5.74, 6) is 1.49. The predicted octanol–water partition coefficient (Wildman–Crippen LogP) is 2.86. The van der Waals surface area contributed by atoms with Gasteiger partial charge in [0.1, 0.15) is 0 Å². The van der Waals surface area contributed by atoms with Crippen LogP contribution in [0.2, 0.25) is 0 Å². The van der Waals surface area contributed by atoms with Crippen LogP contribution in [-0.2, 0) is 0 Å². The topological polar surface area (TPSA) is 43.1 Å². The first kappa shape index (κ1) is 11.9. The molecule has 2 bridgehead atoms. The van der Waals surface area contributed by atoms with Crippen molar-refractivity contribution in [2.45, 2.75) is 39.2 Å². The van der Waals surface area contributed by atoms with Crippen molar-refractivity contribution in [1.29, 1.82) is 0 Å². The third-order valence-electron chi connectivity index (χ3n) is 4.79. The van der Waals surface area contributed by atoms with Crippen LogP contribution in [0.15, 0.2) is 18.2 Å². The Bertz CT molecular complexity index is 472. The molecule has 2 saturated carbocycles. The molecule has 0 amide bonds. The van der Waals surface area contributed by atoms with E-state index in [0.29, 0.717) is 11.8 Å². The van der Waals surface area contributed by atoms with Crippen molar-refractivity contribution in [1.82, 2.24) is 0 Å². The lowest BCUT2D eigenvalue weighted by Crippen LogP contribution is -2.40. The molecular weight excluding hydrogens is 222 g/mol. The molecule has 0 spiro atoms. The maximum absolute atomic E-state index is 12.7. The summed E-state index contributed by atoms with van der Waals surface area (Å²) >= 11 is 0. The van der Waals surface area contributed by atoms with Crippen LogP contribution >= 0.6 is 0 Å². The zero-order valence-electron chi connectivity index (χ0n) is 11.1. The molecule has 0 aromatic heterocycles. The van der Waals surface area contributed by atoms with Gasteiger partial charge in [0.05, 0.1) is 0 Å². The molecule has 2 aliphatic rings. The molecule has 2 fully saturated rings. The van der Waals surface area contributed by atoms with Crippen molar-refractivity contribution in [2.24, 2.45) is 23.5 Å². The van der Waals surface area contributed by atoms with Crippen LogP contribution < -0.4 is 5.73 Å². The molecule has 2 nitrogen and oxygen atoms in total. The van der Waals surface area contributed by atoms with E-state index in [0.717, 1.165) is 16.7 Å². The van der Waals surface area contributed by atoms with Crippen LogP contribution in [0.5, 0.6) is 0 Å². The number of fused-ring (bicyclic) bond motifs is 2. The number of Topliss-reactive ketones (excluding diaryl/α,β-unsaturated/α-hetero) is 1. The molecule has 0 saturated heterocycles. The Morgan fingerprint density at radius 1 is 1.11 bits per heavy atom. The number of benzene rings is 1. The zero-order chi connectivity index (χ0) is 12.9. The van der Waals surface area contributed by atoms with E-state index in [2.05, 4.69) is 6.07 Å². The van der Waals surface area contributed by atoms with Crippen molar-refractivity contribution in [3.63, 3.8) is 0 Å². The van der Waals surface area contributed by atoms with E-state index < -0.39 is 0 Å². The molecule has 0 aliphatic heterocycles. The lowest BCUT2D eigenvalue weighted by Gasteiger charge is -2.27. The molecule has 4 unspecified atom stereocenters. The minimum Gasteiger partial charge on any atom is -0.327 e. The first-order valence-corrected chi connectivity index (χ1v) is 6.94. The number of hydrogen-bond donors (Lipinski definition) is 1. The van der Waals surface area contributed by atoms with E-state index in [1.54, 1.807) is 0 Å². The van der Waals surface area contributed by atoms with Gasteiger partial charge >= 0.3 is 0 Å². The van der Waals surface area contributed by atoms with Crippen LogP contribution in [0.3, 0.4) is 0 Å². The fourth-order valence-corrected chi connectivity index (χ4v) is 4.03. The minimum atomic E-state index is 0.0740. The average molecular weight is 243 g/mol. The van der Waals surface area contributed by atoms with Crippen molar-refractivity contribution >= 4 is 5.78 Å². The Kier molecular flexibility index (Phi) is 2.78. The summed E-state index contributed by atoms with van der Waals surface area (Å²) in [6.45, 7) is 4.09. The van der Waals surface area contributed by atoms with Crippen LogP contribution in [-0.4, -0.2) is 11.8 Å². The molecule has 2 aliphatic carbocycles. The molecule has 0 heterocycles. The standard InChI is InChI=1S/C16H21NO/c1-9-5-10(2)7-13(6-9)16(18)14-11-3-4-12(8-11)15(14)17/h5-7,11-12,14-15H,3-4,8,17H2,1-2H3. The van der Waals surface area contributed by atoms with Crippen molar-refractivity contribution in [3.8, 4) is 0 Å². The molecule has 2 N–H and O–H groups in total. The SMILES string of the molecule is Cc1cc(C)cc(C(=O)C2C3CCC(C3)C2N)c1. The lowest BCUT2D eigenvalue weighted by molar-refractivity contribution is 0.0856. The summed E-state index contributed by atoms with van der Waals surface area (Å²) in [4.78, 5) is 12.7. The van der Waals surface area contributed by atoms with E-state index >= 15 is 0 Å². The summed E-state index contributed by atoms with van der Waals surface area (Å²) in [5, 5.41) is 0. The van der Waals surface area contributed by atoms with Gasteiger partial charge in [0, 0.05) is 17.5 Å². The maximum atomic E-state index is 12.7. The second-order valence-corrected chi connectivity index (χ2v) is 6.18. The second kappa shape index (κ2) is 4.20. The number of carbonyl (C=O) groups is 1. The zero-order valence-corrected chi connectivity index (χ0v) is 11.1. The van der Waals surface area contributed by atoms with E-state index in [9.17, 15) is 4.79 Å². The number of ketones is 1. The minimum absolute atomic E-state index is 0.0740. The van der Waals surface area contributed by atoms with E-state index in [1.165, 1.54) is 19.3 Å². The number of aryl methyl sites for hydroxylation is 2. The molecule has 1 aromatic rings. The van der Waals surface area contributed by atoms with Gasteiger partial charge in [0.2, 0.25) is 0 Å². The maximum Gasteiger partial charge on any atom is 0.167 e. The van der Waals surface area contributed by atoms with Gasteiger partial charge in [-0.1, -0.05) is 17.2 Å². The summed E-state index contributed by atoms with van der Waals surface area (Å²) in [6.07, 6.45) is 3.59. The third-order valence-corrected chi connectivity index (χ3v) is 4.79. The monoisotopic (exact) mass is 243 g/mol. The summed E-state index contributed by atoms with van der Waals surface area (Å²) in [6, 6.07) is 6.22. The summed E-state index contributed by atoms with van der Waals surface area (Å²) < 4.78 is 0. The molecular formula is C16H21NO. The molecule has 0 radical (unpaired) electrons. The molecule has 96 valence electrons. The van der Waals surface area contributed by atoms with E-state index in [1.807, 2.05) is 26.0 Å². The van der Waals surface area contributed by atoms with Gasteiger partial charge in [-0.2, -0.15) is 0 Å². The van der Waals surface area contributed by atoms with Crippen LogP contribution in [0.4, 0.5) is 0 Å². The van der Waals surface area contributed by atoms with Gasteiger partial charge in [-0.3, -0.25) is 4.79 Å². The highest BCUT2D eigenvalue weighted by atomic mass is 16.1. The Morgan fingerprint density at radius 3 is 2.28 bits per heavy atom. The van der Waals surface area contributed by atoms with Crippen molar-refractivity contribution < 1.29 is 4.79 Å². The fraction of sp³-hybridized carbons (Fsp3) is 0.562.